The summed E-state index contributed by atoms with van der Waals surface area (Å²) in [7, 11) is 0. The lowest BCUT2D eigenvalue weighted by Gasteiger charge is -2.00. The van der Waals surface area contributed by atoms with Gasteiger partial charge in [-0.1, -0.05) is 0 Å². The molecular weight excluding hydrogens is 147 g/mol. The van der Waals surface area contributed by atoms with Gasteiger partial charge in [0.1, 0.15) is 5.82 Å². The molecule has 1 aliphatic rings. The third-order valence-corrected chi connectivity index (χ3v) is 1.73. The Kier molecular flexibility index (Phi) is 1.24. The Morgan fingerprint density at radius 1 is 1.45 bits per heavy atom. The van der Waals surface area contributed by atoms with E-state index < -0.39 is 5.82 Å². The Hall–Kier alpha value is -1.25. The fourth-order valence-corrected chi connectivity index (χ4v) is 1.25. The number of hydrogen-bond acceptors (Lipinski definition) is 2. The first kappa shape index (κ1) is 6.46. The summed E-state index contributed by atoms with van der Waals surface area (Å²) in [6, 6.07) is 2.45. The van der Waals surface area contributed by atoms with Crippen molar-refractivity contribution in [2.24, 2.45) is 0 Å². The van der Waals surface area contributed by atoms with Crippen molar-refractivity contribution in [1.29, 1.82) is 0 Å². The molecular formula is C8H7FO2. The molecule has 1 N–H and O–H groups in total. The molecule has 2 rings (SSSR count). The molecule has 0 spiro atoms. The number of hydrogen-bond donors (Lipinski definition) is 1. The van der Waals surface area contributed by atoms with Crippen LogP contribution in [0.15, 0.2) is 12.1 Å². The summed E-state index contributed by atoms with van der Waals surface area (Å²) in [5.74, 6) is -0.0735. The second-order valence-corrected chi connectivity index (χ2v) is 2.51. The van der Waals surface area contributed by atoms with Gasteiger partial charge in [0.2, 0.25) is 0 Å². The summed E-state index contributed by atoms with van der Waals surface area (Å²) in [6.45, 7) is 0.534. The fraction of sp³-hybridized carbons (Fsp3) is 0.250. The maximum atomic E-state index is 12.6. The quantitative estimate of drug-likeness (QED) is 0.613. The van der Waals surface area contributed by atoms with Crippen molar-refractivity contribution >= 4 is 0 Å². The highest BCUT2D eigenvalue weighted by Gasteiger charge is 2.17. The van der Waals surface area contributed by atoms with Crippen LogP contribution in [0.4, 0.5) is 4.39 Å². The van der Waals surface area contributed by atoms with Crippen molar-refractivity contribution in [3.05, 3.63) is 23.5 Å². The van der Waals surface area contributed by atoms with Crippen LogP contribution in [-0.4, -0.2) is 11.7 Å². The van der Waals surface area contributed by atoms with E-state index in [9.17, 15) is 4.39 Å². The molecule has 0 aliphatic carbocycles. The molecule has 11 heavy (non-hydrogen) atoms. The van der Waals surface area contributed by atoms with Crippen LogP contribution >= 0.6 is 0 Å². The Morgan fingerprint density at radius 3 is 3.09 bits per heavy atom. The summed E-state index contributed by atoms with van der Waals surface area (Å²) in [5.41, 5.74) is 0.752. The van der Waals surface area contributed by atoms with Gasteiger partial charge < -0.3 is 9.84 Å². The summed E-state index contributed by atoms with van der Waals surface area (Å²) in [4.78, 5) is 0. The van der Waals surface area contributed by atoms with Crippen molar-refractivity contribution in [3.8, 4) is 11.5 Å². The molecule has 0 atom stereocenters. The fourth-order valence-electron chi connectivity index (χ4n) is 1.25. The topological polar surface area (TPSA) is 29.5 Å². The number of fused-ring (bicyclic) bond motifs is 1. The average molecular weight is 154 g/mol. The van der Waals surface area contributed by atoms with Gasteiger partial charge >= 0.3 is 0 Å². The van der Waals surface area contributed by atoms with Gasteiger partial charge in [-0.15, -0.1) is 0 Å². The minimum Gasteiger partial charge on any atom is -0.504 e. The standard InChI is InChI=1S/C8H7FO2/c9-6-3-5-1-2-11-8(5)7(10)4-6/h3-4,10H,1-2H2. The van der Waals surface area contributed by atoms with E-state index in [1.54, 1.807) is 0 Å². The number of rotatable bonds is 0. The van der Waals surface area contributed by atoms with Gasteiger partial charge in [-0.2, -0.15) is 0 Å². The lowest BCUT2D eigenvalue weighted by atomic mass is 10.1. The van der Waals surface area contributed by atoms with Crippen LogP contribution in [0.5, 0.6) is 11.5 Å². The lowest BCUT2D eigenvalue weighted by Crippen LogP contribution is -1.86. The third-order valence-electron chi connectivity index (χ3n) is 1.73. The highest BCUT2D eigenvalue weighted by molar-refractivity contribution is 5.48. The van der Waals surface area contributed by atoms with E-state index in [0.29, 0.717) is 18.8 Å². The summed E-state index contributed by atoms with van der Waals surface area (Å²) in [5, 5.41) is 9.15. The van der Waals surface area contributed by atoms with Crippen molar-refractivity contribution in [2.75, 3.05) is 6.61 Å². The zero-order chi connectivity index (χ0) is 7.84. The van der Waals surface area contributed by atoms with Gasteiger partial charge in [0.15, 0.2) is 11.5 Å². The van der Waals surface area contributed by atoms with Gasteiger partial charge in [0.05, 0.1) is 6.61 Å². The first-order chi connectivity index (χ1) is 5.27. The zero-order valence-corrected chi connectivity index (χ0v) is 5.80. The molecule has 1 aliphatic heterocycles. The van der Waals surface area contributed by atoms with E-state index in [1.807, 2.05) is 0 Å². The smallest absolute Gasteiger partial charge is 0.164 e. The predicted octanol–water partition coefficient (Wildman–Crippen LogP) is 1.47. The molecule has 0 fully saturated rings. The van der Waals surface area contributed by atoms with Gasteiger partial charge in [-0.25, -0.2) is 4.39 Å². The number of aromatic hydroxyl groups is 1. The highest BCUT2D eigenvalue weighted by atomic mass is 19.1. The first-order valence-electron chi connectivity index (χ1n) is 3.41. The maximum absolute atomic E-state index is 12.6. The van der Waals surface area contributed by atoms with Crippen LogP contribution in [0.25, 0.3) is 0 Å². The normalized spacial score (nSPS) is 14.3. The Bertz CT molecular complexity index is 296. The number of halogens is 1. The minimum atomic E-state index is -0.410. The monoisotopic (exact) mass is 154 g/mol. The highest BCUT2D eigenvalue weighted by Crippen LogP contribution is 2.35. The molecule has 0 unspecified atom stereocenters. The largest absolute Gasteiger partial charge is 0.504 e. The number of ether oxygens (including phenoxy) is 1. The Labute approximate surface area is 63.2 Å². The summed E-state index contributed by atoms with van der Waals surface area (Å²) >= 11 is 0. The summed E-state index contributed by atoms with van der Waals surface area (Å²) in [6.07, 6.45) is 0.681. The average Bonchev–Trinajstić information content (AvgIpc) is 2.34. The second kappa shape index (κ2) is 2.12. The molecule has 1 aromatic carbocycles. The van der Waals surface area contributed by atoms with Crippen molar-refractivity contribution in [3.63, 3.8) is 0 Å². The van der Waals surface area contributed by atoms with Crippen molar-refractivity contribution in [1.82, 2.24) is 0 Å². The molecule has 0 saturated heterocycles. The lowest BCUT2D eigenvalue weighted by molar-refractivity contribution is 0.334. The van der Waals surface area contributed by atoms with Gasteiger partial charge in [0, 0.05) is 18.1 Å². The maximum Gasteiger partial charge on any atom is 0.164 e. The molecule has 58 valence electrons. The SMILES string of the molecule is Oc1cc(F)cc2c1OCC2. The van der Waals surface area contributed by atoms with Crippen LogP contribution in [-0.2, 0) is 6.42 Å². The molecule has 2 nitrogen and oxygen atoms in total. The zero-order valence-electron chi connectivity index (χ0n) is 5.80. The first-order valence-corrected chi connectivity index (χ1v) is 3.41. The van der Waals surface area contributed by atoms with E-state index in [0.717, 1.165) is 11.6 Å². The van der Waals surface area contributed by atoms with E-state index in [4.69, 9.17) is 9.84 Å². The van der Waals surface area contributed by atoms with Crippen LogP contribution < -0.4 is 4.74 Å². The van der Waals surface area contributed by atoms with Crippen LogP contribution in [0.3, 0.4) is 0 Å². The molecule has 0 bridgehead atoms. The van der Waals surface area contributed by atoms with Gasteiger partial charge in [-0.3, -0.25) is 0 Å². The van der Waals surface area contributed by atoms with E-state index in [2.05, 4.69) is 0 Å². The Morgan fingerprint density at radius 2 is 2.27 bits per heavy atom. The minimum absolute atomic E-state index is 0.0995. The Balaban J connectivity index is 2.60. The van der Waals surface area contributed by atoms with Gasteiger partial charge in [-0.05, 0) is 6.07 Å². The van der Waals surface area contributed by atoms with Crippen LogP contribution in [0, 0.1) is 5.82 Å². The van der Waals surface area contributed by atoms with Crippen LogP contribution in [0.2, 0.25) is 0 Å². The third kappa shape index (κ3) is 0.926. The molecule has 1 aromatic rings. The van der Waals surface area contributed by atoms with E-state index in [-0.39, 0.29) is 5.75 Å². The molecule has 0 saturated carbocycles. The molecule has 1 heterocycles. The number of phenolic OH excluding ortho intramolecular Hbond substituents is 1. The molecule has 0 aromatic heterocycles. The molecule has 3 heteroatoms. The summed E-state index contributed by atoms with van der Waals surface area (Å²) < 4.78 is 17.7. The van der Waals surface area contributed by atoms with Crippen molar-refractivity contribution < 1.29 is 14.2 Å². The number of benzene rings is 1. The van der Waals surface area contributed by atoms with E-state index >= 15 is 0 Å². The van der Waals surface area contributed by atoms with Crippen molar-refractivity contribution in [2.45, 2.75) is 6.42 Å². The van der Waals surface area contributed by atoms with Crippen LogP contribution in [0.1, 0.15) is 5.56 Å². The molecule has 0 radical (unpaired) electrons. The van der Waals surface area contributed by atoms with E-state index in [1.165, 1.54) is 6.07 Å². The predicted molar refractivity (Wildman–Crippen MR) is 37.3 cm³/mol. The second-order valence-electron chi connectivity index (χ2n) is 2.51. The van der Waals surface area contributed by atoms with Gasteiger partial charge in [0.25, 0.3) is 0 Å². The molecule has 0 amide bonds. The number of phenols is 1.